The van der Waals surface area contributed by atoms with Crippen LogP contribution in [0.15, 0.2) is 65.7 Å². The van der Waals surface area contributed by atoms with E-state index >= 15 is 0 Å². The largest absolute Gasteiger partial charge is 0.491 e. The van der Waals surface area contributed by atoms with E-state index in [1.165, 1.54) is 9.91 Å². The molecule has 0 aromatic heterocycles. The molecule has 260 valence electrons. The molecular formula is C36H49ClN6O5. The summed E-state index contributed by atoms with van der Waals surface area (Å²) in [6.45, 7) is 14.1. The topological polar surface area (TPSA) is 131 Å². The lowest BCUT2D eigenvalue weighted by Gasteiger charge is -2.29. The molecule has 0 spiro atoms. The number of ether oxygens (including phenoxy) is 3. The number of carbonyl (C=O) groups excluding carboxylic acids is 2. The van der Waals surface area contributed by atoms with Gasteiger partial charge in [0.25, 0.3) is 0 Å². The molecule has 48 heavy (non-hydrogen) atoms. The first-order chi connectivity index (χ1) is 22.8. The Kier molecular flexibility index (Phi) is 14.4. The Morgan fingerprint density at radius 1 is 0.896 bits per heavy atom. The number of rotatable bonds is 14. The Morgan fingerprint density at radius 3 is 2.04 bits per heavy atom. The van der Waals surface area contributed by atoms with E-state index in [-0.39, 0.29) is 44.4 Å². The number of aliphatic imine (C=N–C) groups is 1. The second kappa shape index (κ2) is 18.2. The van der Waals surface area contributed by atoms with E-state index in [1.807, 2.05) is 84.0 Å². The molecule has 11 nitrogen and oxygen atoms in total. The highest BCUT2D eigenvalue weighted by Gasteiger charge is 2.26. The van der Waals surface area contributed by atoms with Gasteiger partial charge in [0.1, 0.15) is 11.5 Å². The molecule has 0 bridgehead atoms. The van der Waals surface area contributed by atoms with E-state index in [9.17, 15) is 9.59 Å². The predicted octanol–water partition coefficient (Wildman–Crippen LogP) is 6.83. The average molecular weight is 681 g/mol. The number of hydrogen-bond acceptors (Lipinski definition) is 8. The van der Waals surface area contributed by atoms with Crippen molar-refractivity contribution >= 4 is 40.9 Å². The number of nitrogens with one attached hydrogen (secondary N) is 2. The van der Waals surface area contributed by atoms with Gasteiger partial charge < -0.3 is 24.8 Å². The number of guanidine groups is 1. The van der Waals surface area contributed by atoms with Crippen LogP contribution in [0.5, 0.6) is 11.5 Å². The van der Waals surface area contributed by atoms with Crippen molar-refractivity contribution in [3.8, 4) is 11.5 Å². The van der Waals surface area contributed by atoms with E-state index in [4.69, 9.17) is 36.6 Å². The van der Waals surface area contributed by atoms with Crippen LogP contribution < -0.4 is 25.9 Å². The quantitative estimate of drug-likeness (QED) is 0.0556. The normalized spacial score (nSPS) is 12.0. The van der Waals surface area contributed by atoms with Crippen LogP contribution in [0.3, 0.4) is 0 Å². The number of halogens is 1. The van der Waals surface area contributed by atoms with Crippen molar-refractivity contribution in [1.82, 2.24) is 15.2 Å². The van der Waals surface area contributed by atoms with Gasteiger partial charge in [-0.1, -0.05) is 23.7 Å². The molecular weight excluding hydrogens is 632 g/mol. The fourth-order valence-corrected chi connectivity index (χ4v) is 4.86. The van der Waals surface area contributed by atoms with E-state index in [2.05, 4.69) is 10.6 Å². The van der Waals surface area contributed by atoms with E-state index < -0.39 is 17.9 Å². The average Bonchev–Trinajstić information content (AvgIpc) is 3.01. The number of nitrogens with two attached hydrogens (primary N) is 1. The lowest BCUT2D eigenvalue weighted by Crippen LogP contribution is -2.52. The van der Waals surface area contributed by atoms with Gasteiger partial charge in [0, 0.05) is 30.8 Å². The molecule has 1 unspecified atom stereocenters. The molecule has 3 rings (SSSR count). The predicted molar refractivity (Wildman–Crippen MR) is 192 cm³/mol. The maximum Gasteiger partial charge on any atom is 0.324 e. The van der Waals surface area contributed by atoms with Crippen molar-refractivity contribution in [3.05, 3.63) is 82.4 Å². The Bertz CT molecular complexity index is 1540. The summed E-state index contributed by atoms with van der Waals surface area (Å²) in [5, 5.41) is 8.07. The highest BCUT2D eigenvalue weighted by atomic mass is 35.5. The SMILES string of the molecule is CCOC(=O)C(CNC(=O)N(Cc1ccc(Cl)cc1)/C(=N/c1ccc(OC(C)C)c(C)c1)N(C)N)CNc1ccc(OC(C)C)c(C)c1. The summed E-state index contributed by atoms with van der Waals surface area (Å²) in [6.07, 6.45) is 0.0714. The molecule has 0 aliphatic carbocycles. The van der Waals surface area contributed by atoms with Gasteiger partial charge in [-0.2, -0.15) is 0 Å². The van der Waals surface area contributed by atoms with Crippen molar-refractivity contribution in [3.63, 3.8) is 0 Å². The number of nitrogens with zero attached hydrogens (tertiary/aromatic N) is 3. The van der Waals surface area contributed by atoms with Crippen LogP contribution in [0.4, 0.5) is 16.2 Å². The fourth-order valence-electron chi connectivity index (χ4n) is 4.73. The van der Waals surface area contributed by atoms with Crippen LogP contribution in [0.25, 0.3) is 0 Å². The van der Waals surface area contributed by atoms with Crippen LogP contribution in [-0.2, 0) is 16.1 Å². The van der Waals surface area contributed by atoms with Gasteiger partial charge in [-0.15, -0.1) is 0 Å². The van der Waals surface area contributed by atoms with Gasteiger partial charge in [-0.25, -0.2) is 15.6 Å². The second-order valence-corrected chi connectivity index (χ2v) is 12.5. The molecule has 1 atom stereocenters. The third-order valence-corrected chi connectivity index (χ3v) is 7.27. The van der Waals surface area contributed by atoms with Crippen molar-refractivity contribution in [2.75, 3.05) is 32.1 Å². The molecule has 12 heteroatoms. The zero-order chi connectivity index (χ0) is 35.4. The van der Waals surface area contributed by atoms with E-state index in [1.54, 1.807) is 32.2 Å². The molecule has 4 N–H and O–H groups in total. The fraction of sp³-hybridized carbons (Fsp3) is 0.417. The van der Waals surface area contributed by atoms with Gasteiger partial charge in [-0.3, -0.25) is 14.7 Å². The number of carbonyl (C=O) groups is 2. The van der Waals surface area contributed by atoms with Gasteiger partial charge in [0.15, 0.2) is 0 Å². The molecule has 0 heterocycles. The first-order valence-corrected chi connectivity index (χ1v) is 16.5. The molecule has 0 saturated heterocycles. The Morgan fingerprint density at radius 2 is 1.50 bits per heavy atom. The summed E-state index contributed by atoms with van der Waals surface area (Å²) in [5.41, 5.74) is 4.04. The summed E-state index contributed by atoms with van der Waals surface area (Å²) in [7, 11) is 1.61. The smallest absolute Gasteiger partial charge is 0.324 e. The summed E-state index contributed by atoms with van der Waals surface area (Å²) >= 11 is 6.13. The summed E-state index contributed by atoms with van der Waals surface area (Å²) in [6, 6.07) is 17.9. The molecule has 0 aliphatic rings. The van der Waals surface area contributed by atoms with Gasteiger partial charge >= 0.3 is 12.0 Å². The second-order valence-electron chi connectivity index (χ2n) is 12.0. The molecule has 0 saturated carbocycles. The van der Waals surface area contributed by atoms with E-state index in [0.717, 1.165) is 33.9 Å². The number of benzene rings is 3. The summed E-state index contributed by atoms with van der Waals surface area (Å²) in [5.74, 6) is 6.88. The van der Waals surface area contributed by atoms with Gasteiger partial charge in [0.05, 0.1) is 37.0 Å². The maximum absolute atomic E-state index is 13.9. The lowest BCUT2D eigenvalue weighted by atomic mass is 10.1. The Hall–Kier alpha value is -4.48. The number of hydrogen-bond donors (Lipinski definition) is 3. The highest BCUT2D eigenvalue weighted by molar-refractivity contribution is 6.30. The monoisotopic (exact) mass is 680 g/mol. The zero-order valence-electron chi connectivity index (χ0n) is 29.2. The van der Waals surface area contributed by atoms with Crippen LogP contribution >= 0.6 is 11.6 Å². The number of esters is 1. The minimum Gasteiger partial charge on any atom is -0.491 e. The summed E-state index contributed by atoms with van der Waals surface area (Å²) in [4.78, 5) is 33.1. The Labute approximate surface area is 289 Å². The third-order valence-electron chi connectivity index (χ3n) is 7.02. The van der Waals surface area contributed by atoms with Crippen LogP contribution in [-0.4, -0.2) is 66.8 Å². The van der Waals surface area contributed by atoms with Gasteiger partial charge in [-0.05, 0) is 114 Å². The molecule has 0 radical (unpaired) electrons. The number of aryl methyl sites for hydroxylation is 2. The molecule has 3 aromatic rings. The molecule has 2 amide bonds. The minimum atomic E-state index is -0.690. The first-order valence-electron chi connectivity index (χ1n) is 16.1. The van der Waals surface area contributed by atoms with Gasteiger partial charge in [0.2, 0.25) is 5.96 Å². The highest BCUT2D eigenvalue weighted by Crippen LogP contribution is 2.26. The molecule has 0 fully saturated rings. The lowest BCUT2D eigenvalue weighted by molar-refractivity contribution is -0.147. The standard InChI is InChI=1S/C36H49ClN6O5/c1-9-46-34(44)28(20-39-30-14-16-32(25(6)18-30)47-23(2)3)21-40-36(45)43(22-27-10-12-29(37)13-11-27)35(42(8)38)41-31-15-17-33(26(7)19-31)48-24(4)5/h10-19,23-24,28,39H,9,20-22,38H2,1-8H3,(H,40,45)/b41-35+. The first kappa shape index (κ1) is 38.0. The van der Waals surface area contributed by atoms with Crippen molar-refractivity contribution < 1.29 is 23.8 Å². The third kappa shape index (κ3) is 11.6. The van der Waals surface area contributed by atoms with Crippen LogP contribution in [0, 0.1) is 19.8 Å². The van der Waals surface area contributed by atoms with Crippen molar-refractivity contribution in [2.45, 2.75) is 67.2 Å². The van der Waals surface area contributed by atoms with E-state index in [0.29, 0.717) is 10.7 Å². The number of urea groups is 1. The molecule has 0 aliphatic heterocycles. The maximum atomic E-state index is 13.9. The zero-order valence-corrected chi connectivity index (χ0v) is 29.9. The minimum absolute atomic E-state index is 0.00276. The number of hydrazine groups is 1. The van der Waals surface area contributed by atoms with Crippen LogP contribution in [0.2, 0.25) is 5.02 Å². The number of amides is 2. The molecule has 3 aromatic carbocycles. The van der Waals surface area contributed by atoms with Crippen molar-refractivity contribution in [1.29, 1.82) is 0 Å². The van der Waals surface area contributed by atoms with Crippen LogP contribution in [0.1, 0.15) is 51.3 Å². The summed E-state index contributed by atoms with van der Waals surface area (Å²) < 4.78 is 17.1. The number of anilines is 1. The van der Waals surface area contributed by atoms with Crippen molar-refractivity contribution in [2.24, 2.45) is 16.8 Å². The Balaban J connectivity index is 1.87.